The van der Waals surface area contributed by atoms with Crippen molar-refractivity contribution in [1.82, 2.24) is 4.57 Å². The maximum Gasteiger partial charge on any atom is 0.135 e. The lowest BCUT2D eigenvalue weighted by Crippen LogP contribution is -1.94. The topological polar surface area (TPSA) is 18.1 Å². The molecule has 39 heavy (non-hydrogen) atoms. The van der Waals surface area contributed by atoms with Gasteiger partial charge in [0.1, 0.15) is 11.2 Å². The van der Waals surface area contributed by atoms with Crippen molar-refractivity contribution in [3.05, 3.63) is 127 Å². The molecule has 0 spiro atoms. The van der Waals surface area contributed by atoms with Gasteiger partial charge >= 0.3 is 0 Å². The number of benzene rings is 6. The SMILES string of the molecule is c1ccc(-n2c3ccccc3c3c(-c4ccc5oc6ccccc6c5c4)cc4sc5ccccc5c4c32)cc1. The van der Waals surface area contributed by atoms with Crippen molar-refractivity contribution in [3.63, 3.8) is 0 Å². The molecule has 0 saturated heterocycles. The third-order valence-corrected chi connectivity index (χ3v) is 9.10. The van der Waals surface area contributed by atoms with Gasteiger partial charge in [-0.2, -0.15) is 0 Å². The Hall–Kier alpha value is -4.86. The molecule has 0 unspecified atom stereocenters. The van der Waals surface area contributed by atoms with Gasteiger partial charge in [0.15, 0.2) is 0 Å². The lowest BCUT2D eigenvalue weighted by Gasteiger charge is -2.11. The van der Waals surface area contributed by atoms with Crippen LogP contribution in [0.3, 0.4) is 0 Å². The molecule has 3 heteroatoms. The van der Waals surface area contributed by atoms with E-state index in [1.165, 1.54) is 58.8 Å². The van der Waals surface area contributed by atoms with E-state index in [0.29, 0.717) is 0 Å². The summed E-state index contributed by atoms with van der Waals surface area (Å²) in [7, 11) is 0. The third kappa shape index (κ3) is 2.91. The van der Waals surface area contributed by atoms with Crippen molar-refractivity contribution in [1.29, 1.82) is 0 Å². The normalized spacial score (nSPS) is 12.1. The maximum atomic E-state index is 6.17. The molecule has 3 aromatic heterocycles. The zero-order valence-electron chi connectivity index (χ0n) is 20.9. The van der Waals surface area contributed by atoms with Crippen LogP contribution in [0.4, 0.5) is 0 Å². The first-order chi connectivity index (χ1) is 19.3. The number of rotatable bonds is 2. The molecule has 0 bridgehead atoms. The molecule has 0 saturated carbocycles. The Labute approximate surface area is 227 Å². The van der Waals surface area contributed by atoms with Gasteiger partial charge in [-0.1, -0.05) is 78.9 Å². The van der Waals surface area contributed by atoms with E-state index < -0.39 is 0 Å². The summed E-state index contributed by atoms with van der Waals surface area (Å²) in [6.45, 7) is 0. The highest BCUT2D eigenvalue weighted by Crippen LogP contribution is 2.47. The zero-order chi connectivity index (χ0) is 25.5. The molecule has 6 aromatic carbocycles. The van der Waals surface area contributed by atoms with Crippen LogP contribution in [0.1, 0.15) is 0 Å². The molecule has 0 amide bonds. The monoisotopic (exact) mass is 515 g/mol. The van der Waals surface area contributed by atoms with Gasteiger partial charge in [-0.15, -0.1) is 11.3 Å². The molecule has 0 aliphatic rings. The number of para-hydroxylation sites is 3. The number of thiophene rings is 1. The molecule has 0 fully saturated rings. The smallest absolute Gasteiger partial charge is 0.135 e. The molecule has 0 N–H and O–H groups in total. The summed E-state index contributed by atoms with van der Waals surface area (Å²) in [5, 5.41) is 7.49. The van der Waals surface area contributed by atoms with Crippen LogP contribution in [0.5, 0.6) is 0 Å². The Kier molecular flexibility index (Phi) is 4.24. The summed E-state index contributed by atoms with van der Waals surface area (Å²) < 4.78 is 11.2. The Morgan fingerprint density at radius 1 is 0.513 bits per heavy atom. The van der Waals surface area contributed by atoms with Gasteiger partial charge in [0.05, 0.1) is 11.0 Å². The van der Waals surface area contributed by atoms with Crippen molar-refractivity contribution in [2.45, 2.75) is 0 Å². The molecule has 0 aliphatic heterocycles. The van der Waals surface area contributed by atoms with Crippen molar-refractivity contribution in [2.75, 3.05) is 0 Å². The van der Waals surface area contributed by atoms with Gasteiger partial charge in [0.25, 0.3) is 0 Å². The van der Waals surface area contributed by atoms with Crippen LogP contribution < -0.4 is 0 Å². The fourth-order valence-corrected chi connectivity index (χ4v) is 7.48. The van der Waals surface area contributed by atoms with Crippen molar-refractivity contribution < 1.29 is 4.42 Å². The largest absolute Gasteiger partial charge is 0.456 e. The molecule has 0 atom stereocenters. The molecular formula is C36H21NOS. The summed E-state index contributed by atoms with van der Waals surface area (Å²) >= 11 is 1.88. The van der Waals surface area contributed by atoms with Crippen molar-refractivity contribution in [3.8, 4) is 16.8 Å². The first-order valence-corrected chi connectivity index (χ1v) is 14.0. The minimum atomic E-state index is 0.922. The first-order valence-electron chi connectivity index (χ1n) is 13.2. The van der Waals surface area contributed by atoms with Crippen LogP contribution in [-0.2, 0) is 0 Å². The van der Waals surface area contributed by atoms with Crippen LogP contribution in [0.15, 0.2) is 132 Å². The van der Waals surface area contributed by atoms with E-state index in [4.69, 9.17) is 4.42 Å². The van der Waals surface area contributed by atoms with Gasteiger partial charge in [-0.05, 0) is 59.7 Å². The van der Waals surface area contributed by atoms with Crippen molar-refractivity contribution in [2.24, 2.45) is 0 Å². The van der Waals surface area contributed by atoms with Crippen LogP contribution in [0.2, 0.25) is 0 Å². The van der Waals surface area contributed by atoms with Gasteiger partial charge in [-0.3, -0.25) is 0 Å². The number of fused-ring (bicyclic) bond motifs is 10. The standard InChI is InChI=1S/C36H21NOS/c1-2-10-23(11-3-1)37-29-15-7-4-13-25(29)34-27(21-33-35(36(34)37)26-14-6-9-17-32(26)39-33)22-18-19-31-28(20-22)24-12-5-8-16-30(24)38-31/h1-21H. The lowest BCUT2D eigenvalue weighted by atomic mass is 9.96. The minimum Gasteiger partial charge on any atom is -0.456 e. The molecule has 2 nitrogen and oxygen atoms in total. The number of nitrogens with zero attached hydrogens (tertiary/aromatic N) is 1. The van der Waals surface area contributed by atoms with E-state index in [-0.39, 0.29) is 0 Å². The Morgan fingerprint density at radius 2 is 1.23 bits per heavy atom. The molecule has 0 aliphatic carbocycles. The Balaban J connectivity index is 1.51. The summed E-state index contributed by atoms with van der Waals surface area (Å²) in [5.41, 5.74) is 7.97. The van der Waals surface area contributed by atoms with E-state index in [9.17, 15) is 0 Å². The molecule has 9 aromatic rings. The van der Waals surface area contributed by atoms with E-state index in [1.54, 1.807) is 0 Å². The Bertz CT molecular complexity index is 2390. The van der Waals surface area contributed by atoms with Gasteiger partial charge in [0.2, 0.25) is 0 Å². The third-order valence-electron chi connectivity index (χ3n) is 7.98. The quantitative estimate of drug-likeness (QED) is 0.224. The maximum absolute atomic E-state index is 6.17. The fraction of sp³-hybridized carbons (Fsp3) is 0. The van der Waals surface area contributed by atoms with Gasteiger partial charge in [0, 0.05) is 47.4 Å². The number of aromatic nitrogens is 1. The number of furan rings is 1. The molecular weight excluding hydrogens is 494 g/mol. The second-order valence-corrected chi connectivity index (χ2v) is 11.2. The lowest BCUT2D eigenvalue weighted by molar-refractivity contribution is 0.669. The van der Waals surface area contributed by atoms with Gasteiger partial charge < -0.3 is 8.98 Å². The fourth-order valence-electron chi connectivity index (χ4n) is 6.33. The van der Waals surface area contributed by atoms with E-state index in [0.717, 1.165) is 21.9 Å². The van der Waals surface area contributed by atoms with Crippen LogP contribution >= 0.6 is 11.3 Å². The van der Waals surface area contributed by atoms with Crippen LogP contribution in [0, 0.1) is 0 Å². The second kappa shape index (κ2) is 7.83. The van der Waals surface area contributed by atoms with E-state index >= 15 is 0 Å². The number of hydrogen-bond acceptors (Lipinski definition) is 2. The highest BCUT2D eigenvalue weighted by Gasteiger charge is 2.22. The molecule has 0 radical (unpaired) electrons. The van der Waals surface area contributed by atoms with Crippen LogP contribution in [-0.4, -0.2) is 4.57 Å². The predicted octanol–water partition coefficient (Wildman–Crippen LogP) is 10.7. The predicted molar refractivity (Wildman–Crippen MR) is 166 cm³/mol. The average Bonchev–Trinajstić information content (AvgIpc) is 3.66. The summed E-state index contributed by atoms with van der Waals surface area (Å²) in [4.78, 5) is 0. The molecule has 9 rings (SSSR count). The summed E-state index contributed by atoms with van der Waals surface area (Å²) in [5.74, 6) is 0. The number of hydrogen-bond donors (Lipinski definition) is 0. The minimum absolute atomic E-state index is 0.922. The second-order valence-electron chi connectivity index (χ2n) is 10.1. The summed E-state index contributed by atoms with van der Waals surface area (Å²) in [6, 6.07) is 45.8. The first kappa shape index (κ1) is 21.1. The highest BCUT2D eigenvalue weighted by molar-refractivity contribution is 7.26. The molecule has 182 valence electrons. The van der Waals surface area contributed by atoms with E-state index in [1.807, 2.05) is 23.5 Å². The average molecular weight is 516 g/mol. The zero-order valence-corrected chi connectivity index (χ0v) is 21.7. The van der Waals surface area contributed by atoms with E-state index in [2.05, 4.69) is 120 Å². The van der Waals surface area contributed by atoms with Gasteiger partial charge in [-0.25, -0.2) is 0 Å². The highest BCUT2D eigenvalue weighted by atomic mass is 32.1. The van der Waals surface area contributed by atoms with Crippen molar-refractivity contribution >= 4 is 75.3 Å². The Morgan fingerprint density at radius 3 is 2.13 bits per heavy atom. The molecule has 3 heterocycles. The summed E-state index contributed by atoms with van der Waals surface area (Å²) in [6.07, 6.45) is 0. The van der Waals surface area contributed by atoms with Crippen LogP contribution in [0.25, 0.3) is 80.7 Å².